The molecule has 1 aliphatic rings. The predicted octanol–water partition coefficient (Wildman–Crippen LogP) is 2.15. The minimum atomic E-state index is -0.681. The Bertz CT molecular complexity index is 347. The highest BCUT2D eigenvalue weighted by atomic mass is 16.4. The third-order valence-electron chi connectivity index (χ3n) is 4.63. The van der Waals surface area contributed by atoms with Gasteiger partial charge < -0.3 is 16.2 Å². The number of aliphatic carboxylic acids is 1. The summed E-state index contributed by atoms with van der Waals surface area (Å²) in [6, 6.07) is 0. The minimum Gasteiger partial charge on any atom is -0.481 e. The van der Waals surface area contributed by atoms with Gasteiger partial charge in [0.2, 0.25) is 5.91 Å². The third-order valence-corrected chi connectivity index (χ3v) is 4.63. The second-order valence-electron chi connectivity index (χ2n) is 7.06. The molecule has 1 fully saturated rings. The Morgan fingerprint density at radius 2 is 1.81 bits per heavy atom. The van der Waals surface area contributed by atoms with Gasteiger partial charge in [-0.25, -0.2) is 0 Å². The molecular formula is C16H30N2O3. The molecule has 0 aromatic rings. The first kappa shape index (κ1) is 18.0. The SMILES string of the molecule is CC(C)(CCN)CCC(=O)NCC1CCC(C(=O)O)CC1. The van der Waals surface area contributed by atoms with Gasteiger partial charge in [-0.1, -0.05) is 13.8 Å². The van der Waals surface area contributed by atoms with Crippen LogP contribution in [0.4, 0.5) is 0 Å². The Hall–Kier alpha value is -1.10. The average molecular weight is 298 g/mol. The van der Waals surface area contributed by atoms with E-state index < -0.39 is 5.97 Å². The molecule has 21 heavy (non-hydrogen) atoms. The van der Waals surface area contributed by atoms with E-state index in [4.69, 9.17) is 10.8 Å². The zero-order valence-electron chi connectivity index (χ0n) is 13.4. The standard InChI is InChI=1S/C16H30N2O3/c1-16(2,9-10-17)8-7-14(19)18-11-12-3-5-13(6-4-12)15(20)21/h12-13H,3-11,17H2,1-2H3,(H,18,19)(H,20,21). The van der Waals surface area contributed by atoms with Gasteiger partial charge in [0.25, 0.3) is 0 Å². The van der Waals surface area contributed by atoms with Crippen molar-refractivity contribution in [1.82, 2.24) is 5.32 Å². The summed E-state index contributed by atoms with van der Waals surface area (Å²) in [6.45, 7) is 5.62. The van der Waals surface area contributed by atoms with Crippen molar-refractivity contribution in [3.8, 4) is 0 Å². The van der Waals surface area contributed by atoms with Crippen LogP contribution < -0.4 is 11.1 Å². The Balaban J connectivity index is 2.18. The molecule has 0 saturated heterocycles. The zero-order valence-corrected chi connectivity index (χ0v) is 13.4. The third kappa shape index (κ3) is 6.93. The molecule has 122 valence electrons. The van der Waals surface area contributed by atoms with Crippen molar-refractivity contribution in [2.45, 2.75) is 58.8 Å². The van der Waals surface area contributed by atoms with Crippen LogP contribution in [-0.2, 0) is 9.59 Å². The number of carbonyl (C=O) groups excluding carboxylic acids is 1. The summed E-state index contributed by atoms with van der Waals surface area (Å²) >= 11 is 0. The van der Waals surface area contributed by atoms with Crippen LogP contribution in [0.2, 0.25) is 0 Å². The molecule has 4 N–H and O–H groups in total. The lowest BCUT2D eigenvalue weighted by molar-refractivity contribution is -0.143. The molecule has 0 heterocycles. The van der Waals surface area contributed by atoms with E-state index in [0.29, 0.717) is 25.4 Å². The Kier molecular flexibility index (Phi) is 7.15. The Morgan fingerprint density at radius 1 is 1.19 bits per heavy atom. The van der Waals surface area contributed by atoms with Crippen LogP contribution in [0.3, 0.4) is 0 Å². The smallest absolute Gasteiger partial charge is 0.306 e. The summed E-state index contributed by atoms with van der Waals surface area (Å²) in [6.07, 6.45) is 5.59. The fourth-order valence-electron chi connectivity index (χ4n) is 2.93. The van der Waals surface area contributed by atoms with Crippen molar-refractivity contribution in [1.29, 1.82) is 0 Å². The highest BCUT2D eigenvalue weighted by Crippen LogP contribution is 2.29. The monoisotopic (exact) mass is 298 g/mol. The maximum Gasteiger partial charge on any atom is 0.306 e. The van der Waals surface area contributed by atoms with Crippen LogP contribution >= 0.6 is 0 Å². The lowest BCUT2D eigenvalue weighted by Gasteiger charge is -2.26. The van der Waals surface area contributed by atoms with Gasteiger partial charge in [-0.3, -0.25) is 9.59 Å². The van der Waals surface area contributed by atoms with Crippen LogP contribution in [0.1, 0.15) is 58.8 Å². The highest BCUT2D eigenvalue weighted by molar-refractivity contribution is 5.75. The number of rotatable bonds is 8. The van der Waals surface area contributed by atoms with Crippen molar-refractivity contribution in [2.24, 2.45) is 23.0 Å². The first-order valence-corrected chi connectivity index (χ1v) is 8.03. The van der Waals surface area contributed by atoms with E-state index in [1.165, 1.54) is 0 Å². The van der Waals surface area contributed by atoms with E-state index in [2.05, 4.69) is 19.2 Å². The maximum absolute atomic E-state index is 11.9. The van der Waals surface area contributed by atoms with Crippen LogP contribution in [0.15, 0.2) is 0 Å². The second-order valence-corrected chi connectivity index (χ2v) is 7.06. The summed E-state index contributed by atoms with van der Waals surface area (Å²) in [5.74, 6) is -0.337. The quantitative estimate of drug-likeness (QED) is 0.640. The first-order chi connectivity index (χ1) is 9.84. The molecular weight excluding hydrogens is 268 g/mol. The number of carboxylic acid groups (broad SMARTS) is 1. The summed E-state index contributed by atoms with van der Waals surface area (Å²) < 4.78 is 0. The molecule has 0 unspecified atom stereocenters. The molecule has 0 aromatic carbocycles. The van der Waals surface area contributed by atoms with Crippen molar-refractivity contribution < 1.29 is 14.7 Å². The molecule has 0 radical (unpaired) electrons. The van der Waals surface area contributed by atoms with E-state index in [0.717, 1.165) is 38.5 Å². The predicted molar refractivity (Wildman–Crippen MR) is 82.8 cm³/mol. The van der Waals surface area contributed by atoms with Gasteiger partial charge in [0, 0.05) is 13.0 Å². The highest BCUT2D eigenvalue weighted by Gasteiger charge is 2.26. The lowest BCUT2D eigenvalue weighted by Crippen LogP contribution is -2.33. The van der Waals surface area contributed by atoms with E-state index in [-0.39, 0.29) is 17.2 Å². The Labute approximate surface area is 127 Å². The van der Waals surface area contributed by atoms with E-state index in [9.17, 15) is 9.59 Å². The van der Waals surface area contributed by atoms with Gasteiger partial charge in [0.15, 0.2) is 0 Å². The minimum absolute atomic E-state index is 0.0976. The van der Waals surface area contributed by atoms with Crippen LogP contribution in [0.5, 0.6) is 0 Å². The topological polar surface area (TPSA) is 92.4 Å². The number of nitrogens with one attached hydrogen (secondary N) is 1. The van der Waals surface area contributed by atoms with Gasteiger partial charge >= 0.3 is 5.97 Å². The van der Waals surface area contributed by atoms with E-state index >= 15 is 0 Å². The van der Waals surface area contributed by atoms with Crippen LogP contribution in [0, 0.1) is 17.3 Å². The maximum atomic E-state index is 11.9. The van der Waals surface area contributed by atoms with Gasteiger partial charge in [-0.15, -0.1) is 0 Å². The van der Waals surface area contributed by atoms with E-state index in [1.54, 1.807) is 0 Å². The summed E-state index contributed by atoms with van der Waals surface area (Å²) in [7, 11) is 0. The molecule has 5 nitrogen and oxygen atoms in total. The average Bonchev–Trinajstić information content (AvgIpc) is 2.43. The summed E-state index contributed by atoms with van der Waals surface area (Å²) in [4.78, 5) is 22.8. The molecule has 1 aliphatic carbocycles. The molecule has 0 spiro atoms. The molecule has 0 aromatic heterocycles. The molecule has 1 rings (SSSR count). The first-order valence-electron chi connectivity index (χ1n) is 8.03. The van der Waals surface area contributed by atoms with Gasteiger partial charge in [0.05, 0.1) is 5.92 Å². The largest absolute Gasteiger partial charge is 0.481 e. The second kappa shape index (κ2) is 8.37. The molecule has 1 saturated carbocycles. The van der Waals surface area contributed by atoms with Crippen molar-refractivity contribution in [2.75, 3.05) is 13.1 Å². The number of nitrogens with two attached hydrogens (primary N) is 1. The molecule has 0 aliphatic heterocycles. The fraction of sp³-hybridized carbons (Fsp3) is 0.875. The van der Waals surface area contributed by atoms with Gasteiger partial charge in [-0.05, 0) is 56.4 Å². The van der Waals surface area contributed by atoms with Gasteiger partial charge in [-0.2, -0.15) is 0 Å². The normalized spacial score (nSPS) is 22.8. The number of carbonyl (C=O) groups is 2. The lowest BCUT2D eigenvalue weighted by atomic mass is 9.82. The number of carboxylic acids is 1. The summed E-state index contributed by atoms with van der Waals surface area (Å²) in [5.41, 5.74) is 5.68. The van der Waals surface area contributed by atoms with Gasteiger partial charge in [0.1, 0.15) is 0 Å². The number of hydrogen-bond donors (Lipinski definition) is 3. The fourth-order valence-corrected chi connectivity index (χ4v) is 2.93. The van der Waals surface area contributed by atoms with Crippen molar-refractivity contribution in [3.05, 3.63) is 0 Å². The van der Waals surface area contributed by atoms with E-state index in [1.807, 2.05) is 0 Å². The summed E-state index contributed by atoms with van der Waals surface area (Å²) in [5, 5.41) is 11.9. The van der Waals surface area contributed by atoms with Crippen LogP contribution in [-0.4, -0.2) is 30.1 Å². The van der Waals surface area contributed by atoms with Crippen LogP contribution in [0.25, 0.3) is 0 Å². The number of amides is 1. The van der Waals surface area contributed by atoms with Crippen molar-refractivity contribution >= 4 is 11.9 Å². The Morgan fingerprint density at radius 3 is 2.33 bits per heavy atom. The molecule has 5 heteroatoms. The zero-order chi connectivity index (χ0) is 15.9. The molecule has 0 atom stereocenters. The molecule has 1 amide bonds. The van der Waals surface area contributed by atoms with Crippen molar-refractivity contribution in [3.63, 3.8) is 0 Å². The number of hydrogen-bond acceptors (Lipinski definition) is 3. The molecule has 0 bridgehead atoms.